The highest BCUT2D eigenvalue weighted by Crippen LogP contribution is 2.24. The lowest BCUT2D eigenvalue weighted by molar-refractivity contribution is -0.117. The number of nitrogens with zero attached hydrogens (tertiary/aromatic N) is 2. The van der Waals surface area contributed by atoms with Gasteiger partial charge in [-0.2, -0.15) is 0 Å². The summed E-state index contributed by atoms with van der Waals surface area (Å²) in [5.74, 6) is -0.321. The molecule has 0 aliphatic carbocycles. The van der Waals surface area contributed by atoms with Crippen molar-refractivity contribution in [1.29, 1.82) is 0 Å². The van der Waals surface area contributed by atoms with Crippen molar-refractivity contribution < 1.29 is 14.3 Å². The standard InChI is InChI=1S/C12H15N3O3/c1-18-12(17)10-5-9(2-3-14-10)15-7-8(6-13)4-11(15)16/h2-3,5,8H,4,6-7,13H2,1H3. The molecule has 6 nitrogen and oxygen atoms in total. The molecule has 1 aliphatic heterocycles. The quantitative estimate of drug-likeness (QED) is 0.772. The van der Waals surface area contributed by atoms with Crippen molar-refractivity contribution in [3.63, 3.8) is 0 Å². The summed E-state index contributed by atoms with van der Waals surface area (Å²) in [6.07, 6.45) is 1.94. The first kappa shape index (κ1) is 12.5. The van der Waals surface area contributed by atoms with Crippen molar-refractivity contribution in [1.82, 2.24) is 4.98 Å². The van der Waals surface area contributed by atoms with Crippen molar-refractivity contribution in [3.8, 4) is 0 Å². The van der Waals surface area contributed by atoms with Gasteiger partial charge in [0.2, 0.25) is 5.91 Å². The highest BCUT2D eigenvalue weighted by atomic mass is 16.5. The van der Waals surface area contributed by atoms with Crippen LogP contribution in [0.5, 0.6) is 0 Å². The summed E-state index contributed by atoms with van der Waals surface area (Å²) in [6.45, 7) is 1.07. The van der Waals surface area contributed by atoms with E-state index in [2.05, 4.69) is 9.72 Å². The predicted octanol–water partition coefficient (Wildman–Crippen LogP) is 0.180. The number of anilines is 1. The van der Waals surface area contributed by atoms with Crippen molar-refractivity contribution in [2.45, 2.75) is 6.42 Å². The molecule has 0 bridgehead atoms. The highest BCUT2D eigenvalue weighted by molar-refractivity contribution is 5.97. The third-order valence-corrected chi connectivity index (χ3v) is 2.99. The highest BCUT2D eigenvalue weighted by Gasteiger charge is 2.30. The zero-order chi connectivity index (χ0) is 13.1. The molecular formula is C12H15N3O3. The summed E-state index contributed by atoms with van der Waals surface area (Å²) in [5, 5.41) is 0. The van der Waals surface area contributed by atoms with Crippen LogP contribution < -0.4 is 10.6 Å². The molecule has 1 aromatic rings. The lowest BCUT2D eigenvalue weighted by atomic mass is 10.1. The number of carbonyl (C=O) groups is 2. The Bertz CT molecular complexity index is 475. The van der Waals surface area contributed by atoms with Gasteiger partial charge in [-0.3, -0.25) is 4.79 Å². The van der Waals surface area contributed by atoms with Crippen LogP contribution in [0.3, 0.4) is 0 Å². The molecule has 0 aromatic carbocycles. The van der Waals surface area contributed by atoms with Gasteiger partial charge in [0.25, 0.3) is 0 Å². The zero-order valence-corrected chi connectivity index (χ0v) is 10.1. The molecule has 1 unspecified atom stereocenters. The van der Waals surface area contributed by atoms with Crippen LogP contribution >= 0.6 is 0 Å². The van der Waals surface area contributed by atoms with E-state index in [1.54, 1.807) is 17.0 Å². The average Bonchev–Trinajstić information content (AvgIpc) is 2.79. The van der Waals surface area contributed by atoms with Crippen LogP contribution in [-0.2, 0) is 9.53 Å². The van der Waals surface area contributed by atoms with Gasteiger partial charge in [-0.25, -0.2) is 9.78 Å². The van der Waals surface area contributed by atoms with Crippen LogP contribution in [0.2, 0.25) is 0 Å². The van der Waals surface area contributed by atoms with Crippen LogP contribution in [-0.4, -0.2) is 37.1 Å². The van der Waals surface area contributed by atoms with Crippen LogP contribution in [0.4, 0.5) is 5.69 Å². The second kappa shape index (κ2) is 5.14. The zero-order valence-electron chi connectivity index (χ0n) is 10.1. The van der Waals surface area contributed by atoms with Gasteiger partial charge in [0, 0.05) is 24.8 Å². The maximum Gasteiger partial charge on any atom is 0.356 e. The summed E-state index contributed by atoms with van der Waals surface area (Å²) < 4.78 is 4.60. The second-order valence-electron chi connectivity index (χ2n) is 4.20. The number of esters is 1. The molecule has 2 N–H and O–H groups in total. The van der Waals surface area contributed by atoms with Crippen molar-refractivity contribution in [2.75, 3.05) is 25.1 Å². The van der Waals surface area contributed by atoms with Crippen LogP contribution in [0, 0.1) is 5.92 Å². The van der Waals surface area contributed by atoms with E-state index in [4.69, 9.17) is 5.73 Å². The number of ether oxygens (including phenoxy) is 1. The number of aromatic nitrogens is 1. The fourth-order valence-corrected chi connectivity index (χ4v) is 1.99. The van der Waals surface area contributed by atoms with E-state index in [-0.39, 0.29) is 17.5 Å². The first-order chi connectivity index (χ1) is 8.65. The smallest absolute Gasteiger partial charge is 0.356 e. The van der Waals surface area contributed by atoms with Crippen LogP contribution in [0.1, 0.15) is 16.9 Å². The maximum atomic E-state index is 11.8. The minimum Gasteiger partial charge on any atom is -0.464 e. The molecule has 1 atom stereocenters. The molecule has 2 rings (SSSR count). The molecule has 1 saturated heterocycles. The number of pyridine rings is 1. The SMILES string of the molecule is COC(=O)c1cc(N2CC(CN)CC2=O)ccn1. The van der Waals surface area contributed by atoms with Crippen LogP contribution in [0.15, 0.2) is 18.3 Å². The number of carbonyl (C=O) groups excluding carboxylic acids is 2. The van der Waals surface area contributed by atoms with E-state index in [1.807, 2.05) is 0 Å². The summed E-state index contributed by atoms with van der Waals surface area (Å²) >= 11 is 0. The number of methoxy groups -OCH3 is 1. The van der Waals surface area contributed by atoms with E-state index >= 15 is 0 Å². The minimum absolute atomic E-state index is 0.0208. The summed E-state index contributed by atoms with van der Waals surface area (Å²) in [5.41, 5.74) is 6.42. The first-order valence-corrected chi connectivity index (χ1v) is 5.70. The molecule has 1 aliphatic rings. The third kappa shape index (κ3) is 2.33. The van der Waals surface area contributed by atoms with Gasteiger partial charge >= 0.3 is 5.97 Å². The number of rotatable bonds is 3. The average molecular weight is 249 g/mol. The summed E-state index contributed by atoms with van der Waals surface area (Å²) in [7, 11) is 1.29. The number of hydrogen-bond donors (Lipinski definition) is 1. The molecule has 18 heavy (non-hydrogen) atoms. The largest absolute Gasteiger partial charge is 0.464 e. The Balaban J connectivity index is 2.24. The Hall–Kier alpha value is -1.95. The summed E-state index contributed by atoms with van der Waals surface area (Å²) in [6, 6.07) is 3.26. The molecule has 1 fully saturated rings. The van der Waals surface area contributed by atoms with E-state index in [0.717, 1.165) is 0 Å². The van der Waals surface area contributed by atoms with E-state index in [0.29, 0.717) is 25.2 Å². The molecule has 2 heterocycles. The van der Waals surface area contributed by atoms with E-state index in [9.17, 15) is 9.59 Å². The molecule has 6 heteroatoms. The van der Waals surface area contributed by atoms with Gasteiger partial charge in [-0.1, -0.05) is 0 Å². The molecule has 1 amide bonds. The maximum absolute atomic E-state index is 11.8. The minimum atomic E-state index is -0.515. The van der Waals surface area contributed by atoms with Crippen LogP contribution in [0.25, 0.3) is 0 Å². The fraction of sp³-hybridized carbons (Fsp3) is 0.417. The van der Waals surface area contributed by atoms with Crippen molar-refractivity contribution in [2.24, 2.45) is 11.7 Å². The molecule has 0 spiro atoms. The number of amides is 1. The predicted molar refractivity (Wildman–Crippen MR) is 65.1 cm³/mol. The Morgan fingerprint density at radius 3 is 3.06 bits per heavy atom. The molecule has 96 valence electrons. The third-order valence-electron chi connectivity index (χ3n) is 2.99. The summed E-state index contributed by atoms with van der Waals surface area (Å²) in [4.78, 5) is 28.7. The van der Waals surface area contributed by atoms with E-state index < -0.39 is 5.97 Å². The molecule has 0 radical (unpaired) electrons. The Labute approximate surface area is 105 Å². The first-order valence-electron chi connectivity index (χ1n) is 5.70. The topological polar surface area (TPSA) is 85.5 Å². The fourth-order valence-electron chi connectivity index (χ4n) is 1.99. The second-order valence-corrected chi connectivity index (χ2v) is 4.20. The molecular weight excluding hydrogens is 234 g/mol. The normalized spacial score (nSPS) is 19.1. The van der Waals surface area contributed by atoms with Gasteiger partial charge < -0.3 is 15.4 Å². The Morgan fingerprint density at radius 2 is 2.44 bits per heavy atom. The lowest BCUT2D eigenvalue weighted by Gasteiger charge is -2.16. The van der Waals surface area contributed by atoms with Crippen molar-refractivity contribution in [3.05, 3.63) is 24.0 Å². The van der Waals surface area contributed by atoms with Gasteiger partial charge in [-0.05, 0) is 24.6 Å². The van der Waals surface area contributed by atoms with E-state index in [1.165, 1.54) is 13.3 Å². The number of hydrogen-bond acceptors (Lipinski definition) is 5. The van der Waals surface area contributed by atoms with Gasteiger partial charge in [0.05, 0.1) is 7.11 Å². The molecule has 1 aromatic heterocycles. The number of nitrogens with two attached hydrogens (primary N) is 1. The molecule has 0 saturated carbocycles. The Morgan fingerprint density at radius 1 is 1.67 bits per heavy atom. The van der Waals surface area contributed by atoms with Gasteiger partial charge in [0.15, 0.2) is 0 Å². The Kier molecular flexibility index (Phi) is 3.57. The van der Waals surface area contributed by atoms with Crippen molar-refractivity contribution >= 4 is 17.6 Å². The van der Waals surface area contributed by atoms with Gasteiger partial charge in [-0.15, -0.1) is 0 Å². The monoisotopic (exact) mass is 249 g/mol. The lowest BCUT2D eigenvalue weighted by Crippen LogP contribution is -2.26. The van der Waals surface area contributed by atoms with Gasteiger partial charge in [0.1, 0.15) is 5.69 Å².